The van der Waals surface area contributed by atoms with Crippen molar-refractivity contribution in [1.82, 2.24) is 5.32 Å². The SMILES string of the molecule is CC(C)(CO)CNCC(O)COCc1cccs1. The molecule has 1 atom stereocenters. The highest BCUT2D eigenvalue weighted by atomic mass is 32.1. The zero-order valence-electron chi connectivity index (χ0n) is 11.1. The summed E-state index contributed by atoms with van der Waals surface area (Å²) in [5.41, 5.74) is -0.155. The van der Waals surface area contributed by atoms with Crippen LogP contribution in [0, 0.1) is 5.41 Å². The molecule has 104 valence electrons. The Morgan fingerprint density at radius 2 is 2.28 bits per heavy atom. The Hall–Kier alpha value is -0.460. The minimum absolute atomic E-state index is 0.130. The fourth-order valence-electron chi connectivity index (χ4n) is 1.38. The van der Waals surface area contributed by atoms with E-state index in [1.807, 2.05) is 31.4 Å². The van der Waals surface area contributed by atoms with Gasteiger partial charge in [0.1, 0.15) is 0 Å². The Morgan fingerprint density at radius 1 is 1.50 bits per heavy atom. The van der Waals surface area contributed by atoms with E-state index in [2.05, 4.69) is 5.32 Å². The van der Waals surface area contributed by atoms with E-state index >= 15 is 0 Å². The molecule has 0 spiro atoms. The second-order valence-electron chi connectivity index (χ2n) is 5.20. The molecule has 0 saturated heterocycles. The lowest BCUT2D eigenvalue weighted by atomic mass is 9.95. The first kappa shape index (κ1) is 15.6. The zero-order valence-corrected chi connectivity index (χ0v) is 11.9. The molecule has 0 radical (unpaired) electrons. The third-order valence-corrected chi connectivity index (χ3v) is 3.40. The van der Waals surface area contributed by atoms with Crippen molar-refractivity contribution >= 4 is 11.3 Å². The van der Waals surface area contributed by atoms with Gasteiger partial charge in [0, 0.05) is 30.0 Å². The van der Waals surface area contributed by atoms with Crippen LogP contribution in [0.2, 0.25) is 0 Å². The number of hydrogen-bond donors (Lipinski definition) is 3. The molecule has 0 fully saturated rings. The van der Waals surface area contributed by atoms with E-state index in [-0.39, 0.29) is 12.0 Å². The monoisotopic (exact) mass is 273 g/mol. The van der Waals surface area contributed by atoms with Crippen molar-refractivity contribution in [3.63, 3.8) is 0 Å². The summed E-state index contributed by atoms with van der Waals surface area (Å²) in [5, 5.41) is 23.9. The van der Waals surface area contributed by atoms with Crippen LogP contribution in [0.1, 0.15) is 18.7 Å². The van der Waals surface area contributed by atoms with Crippen LogP contribution in [0.15, 0.2) is 17.5 Å². The van der Waals surface area contributed by atoms with E-state index in [0.717, 1.165) is 4.88 Å². The standard InChI is InChI=1S/C13H23NO3S/c1-13(2,10-15)9-14-6-11(16)7-17-8-12-4-3-5-18-12/h3-5,11,14-16H,6-10H2,1-2H3. The summed E-state index contributed by atoms with van der Waals surface area (Å²) in [4.78, 5) is 1.16. The molecule has 0 bridgehead atoms. The second kappa shape index (κ2) is 7.86. The van der Waals surface area contributed by atoms with Gasteiger partial charge in [-0.05, 0) is 11.4 Å². The van der Waals surface area contributed by atoms with Gasteiger partial charge in [-0.1, -0.05) is 19.9 Å². The Bertz CT molecular complexity index is 314. The maximum absolute atomic E-state index is 9.70. The van der Waals surface area contributed by atoms with E-state index < -0.39 is 6.10 Å². The summed E-state index contributed by atoms with van der Waals surface area (Å²) in [6.07, 6.45) is -0.514. The van der Waals surface area contributed by atoms with E-state index in [0.29, 0.717) is 26.3 Å². The van der Waals surface area contributed by atoms with Gasteiger partial charge in [0.25, 0.3) is 0 Å². The van der Waals surface area contributed by atoms with E-state index in [9.17, 15) is 5.11 Å². The molecular weight excluding hydrogens is 250 g/mol. The number of ether oxygens (including phenoxy) is 1. The molecule has 1 heterocycles. The molecule has 0 saturated carbocycles. The Morgan fingerprint density at radius 3 is 2.89 bits per heavy atom. The van der Waals surface area contributed by atoms with E-state index in [1.54, 1.807) is 11.3 Å². The highest BCUT2D eigenvalue weighted by molar-refractivity contribution is 7.09. The van der Waals surface area contributed by atoms with Gasteiger partial charge in [-0.15, -0.1) is 11.3 Å². The first-order chi connectivity index (χ1) is 8.53. The molecule has 1 rings (SSSR count). The second-order valence-corrected chi connectivity index (χ2v) is 6.23. The van der Waals surface area contributed by atoms with Gasteiger partial charge < -0.3 is 20.3 Å². The molecular formula is C13H23NO3S. The summed E-state index contributed by atoms with van der Waals surface area (Å²) in [5.74, 6) is 0. The highest BCUT2D eigenvalue weighted by Crippen LogP contribution is 2.11. The topological polar surface area (TPSA) is 61.7 Å². The average molecular weight is 273 g/mol. The third kappa shape index (κ3) is 6.47. The lowest BCUT2D eigenvalue weighted by Crippen LogP contribution is -2.38. The molecule has 5 heteroatoms. The number of aliphatic hydroxyl groups excluding tert-OH is 2. The van der Waals surface area contributed by atoms with Crippen molar-refractivity contribution in [1.29, 1.82) is 0 Å². The van der Waals surface area contributed by atoms with Gasteiger partial charge in [0.15, 0.2) is 0 Å². The fraction of sp³-hybridized carbons (Fsp3) is 0.692. The maximum Gasteiger partial charge on any atom is 0.0897 e. The number of nitrogens with one attached hydrogen (secondary N) is 1. The molecule has 18 heavy (non-hydrogen) atoms. The average Bonchev–Trinajstić information content (AvgIpc) is 2.82. The van der Waals surface area contributed by atoms with Crippen LogP contribution in [0.4, 0.5) is 0 Å². The number of aliphatic hydroxyl groups is 2. The predicted octanol–water partition coefficient (Wildman–Crippen LogP) is 1.23. The minimum atomic E-state index is -0.514. The van der Waals surface area contributed by atoms with Crippen molar-refractivity contribution in [2.75, 3.05) is 26.3 Å². The lowest BCUT2D eigenvalue weighted by molar-refractivity contribution is 0.0280. The number of rotatable bonds is 9. The van der Waals surface area contributed by atoms with Crippen molar-refractivity contribution < 1.29 is 14.9 Å². The zero-order chi connectivity index (χ0) is 13.4. The van der Waals surface area contributed by atoms with Crippen LogP contribution < -0.4 is 5.32 Å². The first-order valence-corrected chi connectivity index (χ1v) is 7.01. The molecule has 3 N–H and O–H groups in total. The van der Waals surface area contributed by atoms with Gasteiger partial charge in [0.05, 0.1) is 19.3 Å². The minimum Gasteiger partial charge on any atom is -0.396 e. The number of hydrogen-bond acceptors (Lipinski definition) is 5. The molecule has 0 aliphatic rings. The van der Waals surface area contributed by atoms with Crippen molar-refractivity contribution in [3.05, 3.63) is 22.4 Å². The van der Waals surface area contributed by atoms with E-state index in [4.69, 9.17) is 9.84 Å². The Balaban J connectivity index is 2.05. The lowest BCUT2D eigenvalue weighted by Gasteiger charge is -2.23. The molecule has 1 unspecified atom stereocenters. The Labute approximate surface area is 113 Å². The summed E-state index contributed by atoms with van der Waals surface area (Å²) in [7, 11) is 0. The van der Waals surface area contributed by atoms with Crippen molar-refractivity contribution in [3.8, 4) is 0 Å². The van der Waals surface area contributed by atoms with Gasteiger partial charge in [-0.2, -0.15) is 0 Å². The van der Waals surface area contributed by atoms with Crippen LogP contribution in [0.25, 0.3) is 0 Å². The highest BCUT2D eigenvalue weighted by Gasteiger charge is 2.16. The first-order valence-electron chi connectivity index (χ1n) is 6.13. The van der Waals surface area contributed by atoms with Crippen LogP contribution >= 0.6 is 11.3 Å². The largest absolute Gasteiger partial charge is 0.396 e. The van der Waals surface area contributed by atoms with Crippen LogP contribution in [0.3, 0.4) is 0 Å². The van der Waals surface area contributed by atoms with Crippen molar-refractivity contribution in [2.45, 2.75) is 26.6 Å². The Kier molecular flexibility index (Phi) is 6.81. The molecule has 0 aromatic carbocycles. The van der Waals surface area contributed by atoms with Crippen LogP contribution in [-0.4, -0.2) is 42.6 Å². The normalized spacial score (nSPS) is 13.8. The molecule has 0 aliphatic carbocycles. The number of thiophene rings is 1. The fourth-order valence-corrected chi connectivity index (χ4v) is 2.02. The van der Waals surface area contributed by atoms with Crippen molar-refractivity contribution in [2.24, 2.45) is 5.41 Å². The van der Waals surface area contributed by atoms with E-state index in [1.165, 1.54) is 0 Å². The van der Waals surface area contributed by atoms with Crippen LogP contribution in [-0.2, 0) is 11.3 Å². The molecule has 0 amide bonds. The molecule has 1 aromatic heterocycles. The molecule has 0 aliphatic heterocycles. The summed E-state index contributed by atoms with van der Waals surface area (Å²) >= 11 is 1.65. The summed E-state index contributed by atoms with van der Waals surface area (Å²) in [6, 6.07) is 4.00. The molecule has 4 nitrogen and oxygen atoms in total. The van der Waals surface area contributed by atoms with Gasteiger partial charge in [-0.25, -0.2) is 0 Å². The summed E-state index contributed by atoms with van der Waals surface area (Å²) < 4.78 is 5.42. The van der Waals surface area contributed by atoms with Gasteiger partial charge in [0.2, 0.25) is 0 Å². The van der Waals surface area contributed by atoms with Gasteiger partial charge >= 0.3 is 0 Å². The van der Waals surface area contributed by atoms with Gasteiger partial charge in [-0.3, -0.25) is 0 Å². The van der Waals surface area contributed by atoms with Crippen LogP contribution in [0.5, 0.6) is 0 Å². The molecule has 1 aromatic rings. The predicted molar refractivity (Wildman–Crippen MR) is 73.7 cm³/mol. The summed E-state index contributed by atoms with van der Waals surface area (Å²) in [6.45, 7) is 6.10. The maximum atomic E-state index is 9.70. The quantitative estimate of drug-likeness (QED) is 0.633. The smallest absolute Gasteiger partial charge is 0.0897 e. The third-order valence-electron chi connectivity index (χ3n) is 2.55.